The fourth-order valence-corrected chi connectivity index (χ4v) is 1.76. The molecule has 2 heterocycles. The van der Waals surface area contributed by atoms with Gasteiger partial charge in [0.25, 0.3) is 0 Å². The third-order valence-electron chi connectivity index (χ3n) is 2.71. The van der Waals surface area contributed by atoms with Gasteiger partial charge >= 0.3 is 0 Å². The van der Waals surface area contributed by atoms with Gasteiger partial charge in [-0.25, -0.2) is 0 Å². The van der Waals surface area contributed by atoms with Gasteiger partial charge in [0, 0.05) is 19.1 Å². The van der Waals surface area contributed by atoms with Crippen LogP contribution in [0.2, 0.25) is 0 Å². The Morgan fingerprint density at radius 2 is 2.53 bits per heavy atom. The molecule has 0 aromatic carbocycles. The molecule has 0 radical (unpaired) electrons. The zero-order valence-electron chi connectivity index (χ0n) is 9.20. The molecule has 2 unspecified atom stereocenters. The molecule has 0 spiro atoms. The van der Waals surface area contributed by atoms with Gasteiger partial charge in [-0.2, -0.15) is 0 Å². The summed E-state index contributed by atoms with van der Waals surface area (Å²) in [5.74, 6) is 0.923. The van der Waals surface area contributed by atoms with E-state index in [9.17, 15) is 0 Å². The van der Waals surface area contributed by atoms with E-state index in [-0.39, 0.29) is 6.10 Å². The average Bonchev–Trinajstić information content (AvgIpc) is 2.28. The van der Waals surface area contributed by atoms with Crippen LogP contribution in [-0.2, 0) is 4.74 Å². The molecule has 0 bridgehead atoms. The largest absolute Gasteiger partial charge is 0.372 e. The maximum atomic E-state index is 5.56. The summed E-state index contributed by atoms with van der Waals surface area (Å²) in [6.07, 6.45) is 6.64. The number of hydrogen-bond acceptors (Lipinski definition) is 4. The maximum absolute atomic E-state index is 5.56. The molecule has 2 rings (SSSR count). The number of nitrogens with zero attached hydrogens (tertiary/aromatic N) is 1. The van der Waals surface area contributed by atoms with Crippen molar-refractivity contribution in [1.82, 2.24) is 10.6 Å². The van der Waals surface area contributed by atoms with Crippen molar-refractivity contribution in [1.29, 1.82) is 0 Å². The highest BCUT2D eigenvalue weighted by molar-refractivity contribution is 5.80. The lowest BCUT2D eigenvalue weighted by atomic mass is 10.2. The van der Waals surface area contributed by atoms with Crippen LogP contribution in [-0.4, -0.2) is 37.8 Å². The lowest BCUT2D eigenvalue weighted by molar-refractivity contribution is 0.0710. The van der Waals surface area contributed by atoms with E-state index in [2.05, 4.69) is 34.7 Å². The summed E-state index contributed by atoms with van der Waals surface area (Å²) in [7, 11) is 0. The molecule has 2 atom stereocenters. The second-order valence-corrected chi connectivity index (χ2v) is 4.11. The quantitative estimate of drug-likeness (QED) is 0.657. The highest BCUT2D eigenvalue weighted by Gasteiger charge is 2.13. The van der Waals surface area contributed by atoms with E-state index in [0.29, 0.717) is 6.04 Å². The molecule has 4 heteroatoms. The standard InChI is InChI=1S/C11H19N3O/c1-9-5-6-12-11(14-9)13-8-10-4-2-3-7-15-10/h2-3,9-10H,4-8H2,1H3,(H2,12,13,14). The molecule has 0 aliphatic carbocycles. The minimum absolute atomic E-state index is 0.289. The number of aliphatic imine (C=N–C) groups is 1. The van der Waals surface area contributed by atoms with E-state index in [1.807, 2.05) is 0 Å². The second kappa shape index (κ2) is 5.16. The molecule has 2 aliphatic rings. The molecule has 0 aromatic rings. The van der Waals surface area contributed by atoms with Crippen molar-refractivity contribution >= 4 is 5.96 Å². The first-order chi connectivity index (χ1) is 7.34. The summed E-state index contributed by atoms with van der Waals surface area (Å²) < 4.78 is 5.56. The number of nitrogens with one attached hydrogen (secondary N) is 2. The van der Waals surface area contributed by atoms with E-state index in [1.165, 1.54) is 0 Å². The van der Waals surface area contributed by atoms with Crippen LogP contribution in [0.3, 0.4) is 0 Å². The molecule has 0 saturated heterocycles. The normalized spacial score (nSPS) is 30.6. The Balaban J connectivity index is 1.73. The summed E-state index contributed by atoms with van der Waals surface area (Å²) in [6.45, 7) is 4.67. The highest BCUT2D eigenvalue weighted by atomic mass is 16.5. The summed E-state index contributed by atoms with van der Waals surface area (Å²) in [4.78, 5) is 4.39. The van der Waals surface area contributed by atoms with Gasteiger partial charge in [-0.15, -0.1) is 0 Å². The number of hydrogen-bond donors (Lipinski definition) is 2. The first-order valence-electron chi connectivity index (χ1n) is 5.66. The molecule has 4 nitrogen and oxygen atoms in total. The van der Waals surface area contributed by atoms with Crippen molar-refractivity contribution in [3.05, 3.63) is 12.2 Å². The molecule has 0 aromatic heterocycles. The molecule has 84 valence electrons. The topological polar surface area (TPSA) is 45.7 Å². The Labute approximate surface area is 90.8 Å². The van der Waals surface area contributed by atoms with Crippen molar-refractivity contribution in [2.24, 2.45) is 4.99 Å². The van der Waals surface area contributed by atoms with Crippen LogP contribution in [0.15, 0.2) is 17.1 Å². The lowest BCUT2D eigenvalue weighted by Crippen LogP contribution is -2.47. The Morgan fingerprint density at radius 3 is 3.27 bits per heavy atom. The minimum Gasteiger partial charge on any atom is -0.372 e. The fourth-order valence-electron chi connectivity index (χ4n) is 1.76. The molecule has 2 N–H and O–H groups in total. The van der Waals surface area contributed by atoms with Gasteiger partial charge in [0.15, 0.2) is 5.96 Å². The van der Waals surface area contributed by atoms with Crippen molar-refractivity contribution < 1.29 is 4.74 Å². The van der Waals surface area contributed by atoms with Crippen molar-refractivity contribution in [2.75, 3.05) is 19.7 Å². The Bertz CT molecular complexity index is 263. The zero-order valence-corrected chi connectivity index (χ0v) is 9.20. The molecule has 0 saturated carbocycles. The number of rotatable bonds is 2. The van der Waals surface area contributed by atoms with E-state index in [0.717, 1.165) is 38.5 Å². The predicted molar refractivity (Wildman–Crippen MR) is 61.0 cm³/mol. The van der Waals surface area contributed by atoms with Gasteiger partial charge in [-0.05, 0) is 19.8 Å². The molecule has 0 amide bonds. The zero-order chi connectivity index (χ0) is 10.5. The fraction of sp³-hybridized carbons (Fsp3) is 0.727. The van der Waals surface area contributed by atoms with Crippen molar-refractivity contribution in [3.8, 4) is 0 Å². The molecular formula is C11H19N3O. The Kier molecular flexibility index (Phi) is 3.61. The smallest absolute Gasteiger partial charge is 0.191 e. The maximum Gasteiger partial charge on any atom is 0.191 e. The van der Waals surface area contributed by atoms with Crippen LogP contribution in [0.5, 0.6) is 0 Å². The monoisotopic (exact) mass is 209 g/mol. The second-order valence-electron chi connectivity index (χ2n) is 4.11. The first kappa shape index (κ1) is 10.5. The van der Waals surface area contributed by atoms with Crippen LogP contribution in [0.4, 0.5) is 0 Å². The van der Waals surface area contributed by atoms with Crippen LogP contribution in [0.25, 0.3) is 0 Å². The summed E-state index contributed by atoms with van der Waals surface area (Å²) in [6, 6.07) is 0.525. The highest BCUT2D eigenvalue weighted by Crippen LogP contribution is 2.05. The van der Waals surface area contributed by atoms with E-state index in [1.54, 1.807) is 0 Å². The van der Waals surface area contributed by atoms with Crippen molar-refractivity contribution in [2.45, 2.75) is 31.9 Å². The van der Waals surface area contributed by atoms with Crippen LogP contribution >= 0.6 is 0 Å². The van der Waals surface area contributed by atoms with E-state index in [4.69, 9.17) is 4.74 Å². The summed E-state index contributed by atoms with van der Waals surface area (Å²) in [5.41, 5.74) is 0. The lowest BCUT2D eigenvalue weighted by Gasteiger charge is -2.25. The van der Waals surface area contributed by atoms with E-state index < -0.39 is 0 Å². The SMILES string of the molecule is CC1CCN=C(NCC2CC=CCO2)N1. The predicted octanol–water partition coefficient (Wildman–Crippen LogP) is 0.659. The Hall–Kier alpha value is -1.03. The van der Waals surface area contributed by atoms with Gasteiger partial charge in [-0.3, -0.25) is 4.99 Å². The average molecular weight is 209 g/mol. The van der Waals surface area contributed by atoms with Crippen LogP contribution in [0, 0.1) is 0 Å². The first-order valence-corrected chi connectivity index (χ1v) is 5.66. The van der Waals surface area contributed by atoms with Crippen LogP contribution in [0.1, 0.15) is 19.8 Å². The minimum atomic E-state index is 0.289. The third-order valence-corrected chi connectivity index (χ3v) is 2.71. The summed E-state index contributed by atoms with van der Waals surface area (Å²) >= 11 is 0. The summed E-state index contributed by atoms with van der Waals surface area (Å²) in [5, 5.41) is 6.62. The van der Waals surface area contributed by atoms with Gasteiger partial charge in [0.1, 0.15) is 0 Å². The molecule has 0 fully saturated rings. The van der Waals surface area contributed by atoms with Gasteiger partial charge in [0.05, 0.1) is 12.7 Å². The van der Waals surface area contributed by atoms with Gasteiger partial charge in [-0.1, -0.05) is 12.2 Å². The third kappa shape index (κ3) is 3.23. The van der Waals surface area contributed by atoms with E-state index >= 15 is 0 Å². The molecular weight excluding hydrogens is 190 g/mol. The number of ether oxygens (including phenoxy) is 1. The molecule has 15 heavy (non-hydrogen) atoms. The number of guanidine groups is 1. The molecule has 2 aliphatic heterocycles. The van der Waals surface area contributed by atoms with Gasteiger partial charge < -0.3 is 15.4 Å². The Morgan fingerprint density at radius 1 is 1.60 bits per heavy atom. The van der Waals surface area contributed by atoms with Gasteiger partial charge in [0.2, 0.25) is 0 Å². The van der Waals surface area contributed by atoms with Crippen molar-refractivity contribution in [3.63, 3.8) is 0 Å². The van der Waals surface area contributed by atoms with Crippen LogP contribution < -0.4 is 10.6 Å².